The maximum Gasteiger partial charge on any atom is 0.353 e. The van der Waals surface area contributed by atoms with E-state index in [1.165, 1.54) is 11.3 Å². The molecule has 39 heavy (non-hydrogen) atoms. The molecule has 200 valence electrons. The lowest BCUT2D eigenvalue weighted by atomic mass is 9.83. The summed E-state index contributed by atoms with van der Waals surface area (Å²) >= 11 is 1.41. The highest BCUT2D eigenvalue weighted by atomic mass is 32.1. The predicted octanol–water partition coefficient (Wildman–Crippen LogP) is 5.99. The summed E-state index contributed by atoms with van der Waals surface area (Å²) in [6.45, 7) is 1.96. The van der Waals surface area contributed by atoms with Crippen molar-refractivity contribution in [2.24, 2.45) is 5.92 Å². The van der Waals surface area contributed by atoms with Gasteiger partial charge in [-0.2, -0.15) is 4.98 Å². The monoisotopic (exact) mass is 540 g/mol. The highest BCUT2D eigenvalue weighted by Gasteiger charge is 2.24. The minimum absolute atomic E-state index is 0.316. The number of para-hydroxylation sites is 1. The highest BCUT2D eigenvalue weighted by Crippen LogP contribution is 2.33. The summed E-state index contributed by atoms with van der Waals surface area (Å²) in [5.41, 5.74) is 2.52. The highest BCUT2D eigenvalue weighted by molar-refractivity contribution is 7.17. The quantitative estimate of drug-likeness (QED) is 0.285. The minimum atomic E-state index is -0.381. The Bertz CT molecular complexity index is 1750. The normalized spacial score (nSPS) is 18.7. The number of hydrogen-bond acceptors (Lipinski definition) is 7. The molecule has 0 aliphatic heterocycles. The summed E-state index contributed by atoms with van der Waals surface area (Å²) in [5, 5.41) is 12.0. The van der Waals surface area contributed by atoms with E-state index in [0.29, 0.717) is 39.9 Å². The van der Waals surface area contributed by atoms with Crippen LogP contribution in [0, 0.1) is 12.8 Å². The van der Waals surface area contributed by atoms with Crippen molar-refractivity contribution in [1.29, 1.82) is 0 Å². The average molecular weight is 541 g/mol. The lowest BCUT2D eigenvalue weighted by molar-refractivity contribution is 0.191. The smallest absolute Gasteiger partial charge is 0.353 e. The molecule has 0 radical (unpaired) electrons. The summed E-state index contributed by atoms with van der Waals surface area (Å²) in [5.74, 6) is 2.19. The first-order valence-corrected chi connectivity index (χ1v) is 14.2. The lowest BCUT2D eigenvalue weighted by Crippen LogP contribution is -2.32. The van der Waals surface area contributed by atoms with E-state index in [-0.39, 0.29) is 5.69 Å². The fourth-order valence-electron chi connectivity index (χ4n) is 5.76. The first kappa shape index (κ1) is 25.5. The van der Waals surface area contributed by atoms with E-state index in [2.05, 4.69) is 29.0 Å². The van der Waals surface area contributed by atoms with Gasteiger partial charge in [-0.25, -0.2) is 9.78 Å². The second-order valence-electron chi connectivity index (χ2n) is 10.7. The Hall–Kier alpha value is -3.75. The van der Waals surface area contributed by atoms with Gasteiger partial charge >= 0.3 is 5.69 Å². The van der Waals surface area contributed by atoms with Gasteiger partial charge in [-0.1, -0.05) is 18.2 Å². The third-order valence-corrected chi connectivity index (χ3v) is 9.00. The van der Waals surface area contributed by atoms with Gasteiger partial charge in [0.05, 0.1) is 21.1 Å². The molecule has 0 saturated heterocycles. The van der Waals surface area contributed by atoms with E-state index in [1.54, 1.807) is 10.8 Å². The molecule has 1 fully saturated rings. The molecule has 5 aromatic rings. The molecule has 1 aliphatic carbocycles. The van der Waals surface area contributed by atoms with Crippen molar-refractivity contribution in [3.63, 3.8) is 0 Å². The number of aliphatic hydroxyl groups excluding tert-OH is 1. The first-order chi connectivity index (χ1) is 18.9. The fraction of sp³-hybridized carbons (Fsp3) is 0.323. The molecule has 6 rings (SSSR count). The van der Waals surface area contributed by atoms with Gasteiger partial charge < -0.3 is 14.7 Å². The molecule has 0 unspecified atom stereocenters. The molecule has 8 heteroatoms. The average Bonchev–Trinajstić information content (AvgIpc) is 3.30. The second-order valence-corrected chi connectivity index (χ2v) is 11.7. The third kappa shape index (κ3) is 4.90. The molecule has 1 saturated carbocycles. The Balaban J connectivity index is 1.38. The van der Waals surface area contributed by atoms with Crippen LogP contribution in [0.2, 0.25) is 0 Å². The van der Waals surface area contributed by atoms with Gasteiger partial charge in [0.15, 0.2) is 0 Å². The maximum atomic E-state index is 13.5. The Morgan fingerprint density at radius 3 is 2.56 bits per heavy atom. The number of aromatic nitrogens is 3. The van der Waals surface area contributed by atoms with Crippen LogP contribution in [-0.2, 0) is 0 Å². The van der Waals surface area contributed by atoms with Gasteiger partial charge in [0.1, 0.15) is 27.6 Å². The van der Waals surface area contributed by atoms with Crippen LogP contribution in [-0.4, -0.2) is 44.7 Å². The van der Waals surface area contributed by atoms with Crippen molar-refractivity contribution < 1.29 is 9.84 Å². The Morgan fingerprint density at radius 1 is 1.08 bits per heavy atom. The second kappa shape index (κ2) is 10.4. The van der Waals surface area contributed by atoms with Crippen LogP contribution < -0.4 is 15.0 Å². The van der Waals surface area contributed by atoms with Gasteiger partial charge in [0.2, 0.25) is 0 Å². The van der Waals surface area contributed by atoms with Crippen LogP contribution in [0.3, 0.4) is 0 Å². The molecule has 2 aromatic carbocycles. The van der Waals surface area contributed by atoms with E-state index in [1.807, 2.05) is 61.5 Å². The number of thiophene rings is 1. The summed E-state index contributed by atoms with van der Waals surface area (Å²) in [7, 11) is 4.27. The summed E-state index contributed by atoms with van der Waals surface area (Å²) in [4.78, 5) is 25.6. The van der Waals surface area contributed by atoms with E-state index in [9.17, 15) is 9.90 Å². The van der Waals surface area contributed by atoms with Crippen LogP contribution >= 0.6 is 11.3 Å². The van der Waals surface area contributed by atoms with Gasteiger partial charge in [0, 0.05) is 18.7 Å². The van der Waals surface area contributed by atoms with Gasteiger partial charge in [-0.3, -0.25) is 4.57 Å². The molecule has 1 N–H and O–H groups in total. The third-order valence-electron chi connectivity index (χ3n) is 7.86. The van der Waals surface area contributed by atoms with Crippen LogP contribution in [0.25, 0.3) is 32.7 Å². The van der Waals surface area contributed by atoms with E-state index < -0.39 is 0 Å². The van der Waals surface area contributed by atoms with Crippen LogP contribution in [0.1, 0.15) is 37.7 Å². The van der Waals surface area contributed by atoms with Crippen molar-refractivity contribution in [1.82, 2.24) is 19.4 Å². The van der Waals surface area contributed by atoms with Crippen LogP contribution in [0.5, 0.6) is 11.5 Å². The van der Waals surface area contributed by atoms with Gasteiger partial charge in [-0.15, -0.1) is 11.3 Å². The zero-order chi connectivity index (χ0) is 27.1. The SMILES string of the molecule is Cc1cc(Oc2ccccc2)ccc1-n1c(=O)nc2c(=C(O)CC3CCC(N(C)C)CC3)sc3nccc1c32. The number of benzene rings is 2. The largest absolute Gasteiger partial charge is 0.511 e. The van der Waals surface area contributed by atoms with Crippen molar-refractivity contribution in [2.45, 2.75) is 45.1 Å². The molecule has 0 amide bonds. The molecule has 3 heterocycles. The molecular formula is C31H32N4O3S. The molecule has 3 aromatic heterocycles. The molecule has 7 nitrogen and oxygen atoms in total. The fourth-order valence-corrected chi connectivity index (χ4v) is 6.82. The number of ether oxygens (including phenoxy) is 1. The number of hydrogen-bond donors (Lipinski definition) is 1. The number of nitrogens with zero attached hydrogens (tertiary/aromatic N) is 4. The van der Waals surface area contributed by atoms with Crippen molar-refractivity contribution in [3.8, 4) is 17.2 Å². The predicted molar refractivity (Wildman–Crippen MR) is 157 cm³/mol. The number of rotatable bonds is 6. The zero-order valence-electron chi connectivity index (χ0n) is 22.4. The maximum absolute atomic E-state index is 13.5. The van der Waals surface area contributed by atoms with E-state index in [4.69, 9.17) is 4.74 Å². The molecule has 0 bridgehead atoms. The Kier molecular flexibility index (Phi) is 6.83. The Labute approximate surface area is 231 Å². The van der Waals surface area contributed by atoms with Gasteiger partial charge in [0.25, 0.3) is 0 Å². The number of aryl methyl sites for hydroxylation is 1. The Morgan fingerprint density at radius 2 is 1.85 bits per heavy atom. The van der Waals surface area contributed by atoms with Crippen molar-refractivity contribution in [3.05, 3.63) is 81.4 Å². The molecule has 0 spiro atoms. The van der Waals surface area contributed by atoms with E-state index >= 15 is 0 Å². The summed E-state index contributed by atoms with van der Waals surface area (Å²) in [6.07, 6.45) is 6.78. The summed E-state index contributed by atoms with van der Waals surface area (Å²) in [6, 6.07) is 17.7. The zero-order valence-corrected chi connectivity index (χ0v) is 23.2. The lowest BCUT2D eigenvalue weighted by Gasteiger charge is -2.32. The number of pyridine rings is 1. The van der Waals surface area contributed by atoms with Crippen LogP contribution in [0.15, 0.2) is 65.6 Å². The molecule has 0 atom stereocenters. The minimum Gasteiger partial charge on any atom is -0.511 e. The standard InChI is InChI=1S/C31H32N4O3S/c1-19-17-23(38-22-7-5-4-6-8-22)13-14-24(19)35-25-15-16-32-30-27(25)28(33-31(35)37)29(39-30)26(36)18-20-9-11-21(12-10-20)34(2)3/h4-8,13-17,20-21,36H,9-12,18H2,1-3H3. The number of aliphatic hydroxyl groups is 1. The van der Waals surface area contributed by atoms with Crippen LogP contribution in [0.4, 0.5) is 0 Å². The van der Waals surface area contributed by atoms with Crippen molar-refractivity contribution >= 4 is 38.3 Å². The van der Waals surface area contributed by atoms with Crippen molar-refractivity contribution in [2.75, 3.05) is 14.1 Å². The molecule has 1 aliphatic rings. The van der Waals surface area contributed by atoms with Gasteiger partial charge in [-0.05, 0) is 94.6 Å². The van der Waals surface area contributed by atoms with E-state index in [0.717, 1.165) is 58.4 Å². The summed E-state index contributed by atoms with van der Waals surface area (Å²) < 4.78 is 8.28. The first-order valence-electron chi connectivity index (χ1n) is 13.4. The molecular weight excluding hydrogens is 508 g/mol. The topological polar surface area (TPSA) is 80.5 Å².